The number of aryl methyl sites for hydroxylation is 1. The molecule has 2 aromatic rings. The minimum Gasteiger partial charge on any atom is -0.449 e. The molecule has 3 rings (SSSR count). The molecule has 1 aliphatic carbocycles. The highest BCUT2D eigenvalue weighted by atomic mass is 16.5. The second-order valence-corrected chi connectivity index (χ2v) is 6.15. The molecule has 0 aliphatic heterocycles. The molecule has 5 nitrogen and oxygen atoms in total. The van der Waals surface area contributed by atoms with Crippen LogP contribution in [0.3, 0.4) is 0 Å². The normalized spacial score (nSPS) is 15.2. The Hall–Kier alpha value is -2.43. The summed E-state index contributed by atoms with van der Waals surface area (Å²) in [5, 5.41) is 3.30. The van der Waals surface area contributed by atoms with Gasteiger partial charge in [-0.2, -0.15) is 0 Å². The van der Waals surface area contributed by atoms with Gasteiger partial charge in [0.2, 0.25) is 0 Å². The topological polar surface area (TPSA) is 68.3 Å². The van der Waals surface area contributed by atoms with E-state index >= 15 is 0 Å². The summed E-state index contributed by atoms with van der Waals surface area (Å²) < 4.78 is 5.43. The van der Waals surface area contributed by atoms with Crippen molar-refractivity contribution in [3.63, 3.8) is 0 Å². The summed E-state index contributed by atoms with van der Waals surface area (Å²) in [6.45, 7) is 1.58. The third-order valence-corrected chi connectivity index (χ3v) is 4.52. The molecule has 0 spiro atoms. The number of carbonyl (C=O) groups excluding carboxylic acids is 2. The van der Waals surface area contributed by atoms with E-state index in [2.05, 4.69) is 5.32 Å². The Labute approximate surface area is 141 Å². The van der Waals surface area contributed by atoms with E-state index in [1.807, 2.05) is 24.3 Å². The highest BCUT2D eigenvalue weighted by Crippen LogP contribution is 2.29. The van der Waals surface area contributed by atoms with Crippen LogP contribution in [0.5, 0.6) is 0 Å². The Bertz CT molecular complexity index is 786. The van der Waals surface area contributed by atoms with Crippen LogP contribution in [0.25, 0.3) is 10.9 Å². The van der Waals surface area contributed by atoms with E-state index in [1.54, 1.807) is 6.92 Å². The van der Waals surface area contributed by atoms with Crippen LogP contribution >= 0.6 is 0 Å². The van der Waals surface area contributed by atoms with Crippen LogP contribution in [-0.4, -0.2) is 30.0 Å². The Morgan fingerprint density at radius 2 is 1.92 bits per heavy atom. The van der Waals surface area contributed by atoms with Gasteiger partial charge in [0.25, 0.3) is 5.91 Å². The number of ether oxygens (including phenoxy) is 1. The number of rotatable bonds is 3. The van der Waals surface area contributed by atoms with Crippen LogP contribution in [-0.2, 0) is 22.4 Å². The number of para-hydroxylation sites is 1. The quantitative estimate of drug-likeness (QED) is 0.695. The van der Waals surface area contributed by atoms with Gasteiger partial charge in [-0.25, -0.2) is 4.79 Å². The third-order valence-electron chi connectivity index (χ3n) is 4.52. The fourth-order valence-corrected chi connectivity index (χ4v) is 3.26. The molecule has 1 amide bonds. The Morgan fingerprint density at radius 3 is 2.71 bits per heavy atom. The number of hydrogen-bond donors (Lipinski definition) is 1. The van der Waals surface area contributed by atoms with Gasteiger partial charge in [-0.05, 0) is 44.2 Å². The van der Waals surface area contributed by atoms with Crippen LogP contribution in [0, 0.1) is 0 Å². The molecule has 1 aliphatic rings. The minimum absolute atomic E-state index is 0.312. The van der Waals surface area contributed by atoms with Crippen molar-refractivity contribution >= 4 is 22.8 Å². The van der Waals surface area contributed by atoms with Gasteiger partial charge < -0.3 is 10.1 Å². The monoisotopic (exact) mass is 326 g/mol. The summed E-state index contributed by atoms with van der Waals surface area (Å²) in [5.74, 6) is -0.754. The lowest BCUT2D eigenvalue weighted by Gasteiger charge is -2.17. The average Bonchev–Trinajstić information content (AvgIpc) is 2.83. The first-order chi connectivity index (χ1) is 11.6. The number of likely N-dealkylation sites (N-methyl/N-ethyl adjacent to an activating group) is 1. The standard InChI is InChI=1S/C19H22N2O3/c1-12(18(22)20-2)24-19(23)17-13-8-4-3-5-10-15(13)21-16-11-7-6-9-14(16)17/h6-7,9,11-12H,3-5,8,10H2,1-2H3,(H,20,22)/t12-/m1/s1. The molecule has 0 bridgehead atoms. The van der Waals surface area contributed by atoms with Gasteiger partial charge in [-0.3, -0.25) is 9.78 Å². The fourth-order valence-electron chi connectivity index (χ4n) is 3.26. The van der Waals surface area contributed by atoms with E-state index in [4.69, 9.17) is 9.72 Å². The second kappa shape index (κ2) is 6.99. The highest BCUT2D eigenvalue weighted by molar-refractivity contribution is 6.05. The largest absolute Gasteiger partial charge is 0.449 e. The number of esters is 1. The number of benzene rings is 1. The zero-order chi connectivity index (χ0) is 17.1. The van der Waals surface area contributed by atoms with Gasteiger partial charge in [0.1, 0.15) is 0 Å². The number of hydrogen-bond acceptors (Lipinski definition) is 4. The molecule has 0 unspecified atom stereocenters. The summed E-state index contributed by atoms with van der Waals surface area (Å²) in [7, 11) is 1.53. The SMILES string of the molecule is CNC(=O)[C@@H](C)OC(=O)c1c2c(nc3ccccc13)CCCCC2. The van der Waals surface area contributed by atoms with E-state index in [0.29, 0.717) is 5.56 Å². The molecule has 1 heterocycles. The molecular weight excluding hydrogens is 304 g/mol. The first-order valence-electron chi connectivity index (χ1n) is 8.45. The molecule has 1 N–H and O–H groups in total. The summed E-state index contributed by atoms with van der Waals surface area (Å²) in [6, 6.07) is 7.63. The number of nitrogens with one attached hydrogen (secondary N) is 1. The van der Waals surface area contributed by atoms with Crippen LogP contribution in [0.1, 0.15) is 47.8 Å². The van der Waals surface area contributed by atoms with Crippen LogP contribution < -0.4 is 5.32 Å². The lowest BCUT2D eigenvalue weighted by molar-refractivity contribution is -0.128. The van der Waals surface area contributed by atoms with Crippen molar-refractivity contribution < 1.29 is 14.3 Å². The van der Waals surface area contributed by atoms with Gasteiger partial charge in [-0.15, -0.1) is 0 Å². The van der Waals surface area contributed by atoms with E-state index in [1.165, 1.54) is 7.05 Å². The van der Waals surface area contributed by atoms with Crippen LogP contribution in [0.15, 0.2) is 24.3 Å². The number of pyridine rings is 1. The first-order valence-corrected chi connectivity index (χ1v) is 8.45. The zero-order valence-corrected chi connectivity index (χ0v) is 14.1. The average molecular weight is 326 g/mol. The number of carbonyl (C=O) groups is 2. The lowest BCUT2D eigenvalue weighted by Crippen LogP contribution is -2.33. The molecule has 1 aromatic carbocycles. The number of fused-ring (bicyclic) bond motifs is 2. The van der Waals surface area contributed by atoms with Crippen molar-refractivity contribution in [3.05, 3.63) is 41.1 Å². The van der Waals surface area contributed by atoms with Crippen molar-refractivity contribution in [3.8, 4) is 0 Å². The molecule has 1 aromatic heterocycles. The zero-order valence-electron chi connectivity index (χ0n) is 14.1. The van der Waals surface area contributed by atoms with Gasteiger partial charge in [-0.1, -0.05) is 24.6 Å². The summed E-state index contributed by atoms with van der Waals surface area (Å²) in [5.41, 5.74) is 3.36. The molecule has 126 valence electrons. The molecule has 0 saturated heterocycles. The van der Waals surface area contributed by atoms with Gasteiger partial charge >= 0.3 is 5.97 Å². The minimum atomic E-state index is -0.823. The Balaban J connectivity index is 2.09. The molecule has 1 atom stereocenters. The van der Waals surface area contributed by atoms with Crippen molar-refractivity contribution in [2.75, 3.05) is 7.05 Å². The van der Waals surface area contributed by atoms with E-state index in [0.717, 1.165) is 54.3 Å². The van der Waals surface area contributed by atoms with E-state index in [9.17, 15) is 9.59 Å². The van der Waals surface area contributed by atoms with Crippen molar-refractivity contribution in [1.29, 1.82) is 0 Å². The molecule has 0 saturated carbocycles. The number of nitrogens with zero attached hydrogens (tertiary/aromatic N) is 1. The van der Waals surface area contributed by atoms with Crippen molar-refractivity contribution in [2.45, 2.75) is 45.1 Å². The van der Waals surface area contributed by atoms with Crippen molar-refractivity contribution in [1.82, 2.24) is 10.3 Å². The van der Waals surface area contributed by atoms with E-state index in [-0.39, 0.29) is 5.91 Å². The Kier molecular flexibility index (Phi) is 4.79. The highest BCUT2D eigenvalue weighted by Gasteiger charge is 2.25. The third kappa shape index (κ3) is 3.11. The van der Waals surface area contributed by atoms with E-state index < -0.39 is 12.1 Å². The van der Waals surface area contributed by atoms with Gasteiger partial charge in [0.15, 0.2) is 6.10 Å². The maximum atomic E-state index is 12.8. The summed E-state index contributed by atoms with van der Waals surface area (Å²) in [6.07, 6.45) is 4.14. The van der Waals surface area contributed by atoms with Gasteiger partial charge in [0.05, 0.1) is 11.1 Å². The van der Waals surface area contributed by atoms with Gasteiger partial charge in [0, 0.05) is 18.1 Å². The smallest absolute Gasteiger partial charge is 0.339 e. The van der Waals surface area contributed by atoms with Crippen LogP contribution in [0.2, 0.25) is 0 Å². The van der Waals surface area contributed by atoms with Crippen molar-refractivity contribution in [2.24, 2.45) is 0 Å². The second-order valence-electron chi connectivity index (χ2n) is 6.15. The lowest BCUT2D eigenvalue weighted by atomic mass is 9.97. The summed E-state index contributed by atoms with van der Waals surface area (Å²) in [4.78, 5) is 29.3. The molecule has 0 radical (unpaired) electrons. The molecule has 5 heteroatoms. The fraction of sp³-hybridized carbons (Fsp3) is 0.421. The molecular formula is C19H22N2O3. The molecule has 0 fully saturated rings. The van der Waals surface area contributed by atoms with Crippen LogP contribution in [0.4, 0.5) is 0 Å². The Morgan fingerprint density at radius 1 is 1.17 bits per heavy atom. The maximum absolute atomic E-state index is 12.8. The molecule has 24 heavy (non-hydrogen) atoms. The predicted molar refractivity (Wildman–Crippen MR) is 91.9 cm³/mol. The maximum Gasteiger partial charge on any atom is 0.339 e. The summed E-state index contributed by atoms with van der Waals surface area (Å²) >= 11 is 0. The number of aromatic nitrogens is 1. The number of amides is 1. The predicted octanol–water partition coefficient (Wildman–Crippen LogP) is 2.80. The first kappa shape index (κ1) is 16.4.